The van der Waals surface area contributed by atoms with Crippen LogP contribution in [0.4, 0.5) is 0 Å². The van der Waals surface area contributed by atoms with E-state index >= 15 is 0 Å². The first-order valence-electron chi connectivity index (χ1n) is 6.66. The number of thiophene rings is 1. The molecule has 1 N–H and O–H groups in total. The van der Waals surface area contributed by atoms with Crippen molar-refractivity contribution in [2.24, 2.45) is 0 Å². The zero-order chi connectivity index (χ0) is 16.4. The summed E-state index contributed by atoms with van der Waals surface area (Å²) in [6.45, 7) is 6.23. The molecule has 7 heteroatoms. The van der Waals surface area contributed by atoms with Gasteiger partial charge in [0.15, 0.2) is 0 Å². The third-order valence-corrected chi connectivity index (χ3v) is 6.38. The van der Waals surface area contributed by atoms with E-state index in [2.05, 4.69) is 9.71 Å². The molecule has 0 aliphatic carbocycles. The number of rotatable bonds is 4. The molecule has 0 aliphatic rings. The predicted molar refractivity (Wildman–Crippen MR) is 86.0 cm³/mol. The molecule has 2 rings (SSSR count). The van der Waals surface area contributed by atoms with E-state index in [1.54, 1.807) is 18.3 Å². The van der Waals surface area contributed by atoms with Crippen molar-refractivity contribution in [3.8, 4) is 6.07 Å². The van der Waals surface area contributed by atoms with Crippen LogP contribution in [-0.4, -0.2) is 13.4 Å². The molecular formula is C15H17N3O2S2. The molecule has 5 nitrogen and oxygen atoms in total. The van der Waals surface area contributed by atoms with Crippen molar-refractivity contribution >= 4 is 21.4 Å². The van der Waals surface area contributed by atoms with Crippen molar-refractivity contribution < 1.29 is 8.42 Å². The minimum absolute atomic E-state index is 0.0799. The van der Waals surface area contributed by atoms with Gasteiger partial charge in [-0.3, -0.25) is 4.98 Å². The molecule has 22 heavy (non-hydrogen) atoms. The van der Waals surface area contributed by atoms with E-state index in [1.165, 1.54) is 17.5 Å². The van der Waals surface area contributed by atoms with Gasteiger partial charge in [-0.05, 0) is 29.2 Å². The van der Waals surface area contributed by atoms with Crippen LogP contribution in [0.2, 0.25) is 0 Å². The van der Waals surface area contributed by atoms with Crippen LogP contribution >= 0.6 is 11.3 Å². The van der Waals surface area contributed by atoms with Crippen LogP contribution in [0, 0.1) is 11.3 Å². The fourth-order valence-corrected chi connectivity index (χ4v) is 4.19. The number of nitrogens with zero attached hydrogens (tertiary/aromatic N) is 2. The number of aromatic nitrogens is 1. The lowest BCUT2D eigenvalue weighted by molar-refractivity contribution is 0.583. The molecule has 0 bridgehead atoms. The van der Waals surface area contributed by atoms with Crippen molar-refractivity contribution in [2.45, 2.75) is 36.9 Å². The van der Waals surface area contributed by atoms with Crippen molar-refractivity contribution in [2.75, 3.05) is 0 Å². The SMILES string of the molecule is CC(C)(C)c1ccc(S(=O)(=O)NCc2cncc(C#N)c2)s1. The summed E-state index contributed by atoms with van der Waals surface area (Å²) in [5, 5.41) is 8.82. The van der Waals surface area contributed by atoms with Crippen molar-refractivity contribution in [3.05, 3.63) is 46.6 Å². The molecule has 2 heterocycles. The fraction of sp³-hybridized carbons (Fsp3) is 0.333. The Hall–Kier alpha value is -1.75. The molecule has 0 unspecified atom stereocenters. The molecule has 0 saturated heterocycles. The van der Waals surface area contributed by atoms with Gasteiger partial charge in [0.25, 0.3) is 0 Å². The molecule has 2 aromatic heterocycles. The molecule has 0 saturated carbocycles. The number of nitrogens with one attached hydrogen (secondary N) is 1. The van der Waals surface area contributed by atoms with Gasteiger partial charge in [-0.15, -0.1) is 11.3 Å². The van der Waals surface area contributed by atoms with Gasteiger partial charge in [-0.2, -0.15) is 5.26 Å². The minimum Gasteiger partial charge on any atom is -0.263 e. The summed E-state index contributed by atoms with van der Waals surface area (Å²) in [6.07, 6.45) is 2.98. The fourth-order valence-electron chi connectivity index (χ4n) is 1.76. The average Bonchev–Trinajstić information content (AvgIpc) is 2.96. The molecule has 0 spiro atoms. The summed E-state index contributed by atoms with van der Waals surface area (Å²) in [6, 6.07) is 7.06. The van der Waals surface area contributed by atoms with Gasteiger partial charge < -0.3 is 0 Å². The number of hydrogen-bond acceptors (Lipinski definition) is 5. The normalized spacial score (nSPS) is 12.1. The smallest absolute Gasteiger partial charge is 0.250 e. The Kier molecular flexibility index (Phi) is 4.66. The summed E-state index contributed by atoms with van der Waals surface area (Å²) in [5.41, 5.74) is 0.974. The van der Waals surface area contributed by atoms with E-state index in [4.69, 9.17) is 5.26 Å². The van der Waals surface area contributed by atoms with Crippen molar-refractivity contribution in [3.63, 3.8) is 0 Å². The van der Waals surface area contributed by atoms with E-state index in [0.29, 0.717) is 15.3 Å². The summed E-state index contributed by atoms with van der Waals surface area (Å²) in [4.78, 5) is 4.93. The number of sulfonamides is 1. The highest BCUT2D eigenvalue weighted by Gasteiger charge is 2.21. The maximum absolute atomic E-state index is 12.3. The van der Waals surface area contributed by atoms with Gasteiger partial charge in [0.1, 0.15) is 10.3 Å². The molecule has 0 aliphatic heterocycles. The van der Waals surface area contributed by atoms with Gasteiger partial charge in [0.05, 0.1) is 5.56 Å². The molecule has 0 aromatic carbocycles. The summed E-state index contributed by atoms with van der Waals surface area (Å²) in [7, 11) is -3.56. The third kappa shape index (κ3) is 3.91. The number of hydrogen-bond donors (Lipinski definition) is 1. The minimum atomic E-state index is -3.56. The second-order valence-corrected chi connectivity index (χ2v) is 8.96. The molecule has 0 atom stereocenters. The van der Waals surface area contributed by atoms with Crippen LogP contribution in [0.25, 0.3) is 0 Å². The van der Waals surface area contributed by atoms with E-state index in [-0.39, 0.29) is 12.0 Å². The van der Waals surface area contributed by atoms with Gasteiger partial charge in [-0.1, -0.05) is 20.8 Å². The Morgan fingerprint density at radius 3 is 2.64 bits per heavy atom. The van der Waals surface area contributed by atoms with Gasteiger partial charge in [0.2, 0.25) is 10.0 Å². The lowest BCUT2D eigenvalue weighted by Gasteiger charge is -2.15. The molecule has 2 aromatic rings. The summed E-state index contributed by atoms with van der Waals surface area (Å²) >= 11 is 1.27. The van der Waals surface area contributed by atoms with Crippen LogP contribution in [-0.2, 0) is 22.0 Å². The lowest BCUT2D eigenvalue weighted by Crippen LogP contribution is -2.22. The highest BCUT2D eigenvalue weighted by molar-refractivity contribution is 7.91. The Bertz CT molecular complexity index is 812. The maximum Gasteiger partial charge on any atom is 0.250 e. The molecular weight excluding hydrogens is 318 g/mol. The van der Waals surface area contributed by atoms with E-state index in [0.717, 1.165) is 4.88 Å². The molecule has 116 valence electrons. The van der Waals surface area contributed by atoms with Crippen molar-refractivity contribution in [1.82, 2.24) is 9.71 Å². The van der Waals surface area contributed by atoms with E-state index in [1.807, 2.05) is 32.9 Å². The molecule has 0 amide bonds. The Morgan fingerprint density at radius 1 is 1.32 bits per heavy atom. The zero-order valence-electron chi connectivity index (χ0n) is 12.6. The largest absolute Gasteiger partial charge is 0.263 e. The van der Waals surface area contributed by atoms with Gasteiger partial charge >= 0.3 is 0 Å². The Labute approximate surface area is 134 Å². The van der Waals surface area contributed by atoms with Crippen molar-refractivity contribution in [1.29, 1.82) is 5.26 Å². The van der Waals surface area contributed by atoms with Crippen LogP contribution < -0.4 is 4.72 Å². The Morgan fingerprint density at radius 2 is 2.05 bits per heavy atom. The molecule has 0 radical (unpaired) electrons. The highest BCUT2D eigenvalue weighted by atomic mass is 32.2. The topological polar surface area (TPSA) is 82.8 Å². The van der Waals surface area contributed by atoms with Crippen LogP contribution in [0.15, 0.2) is 34.8 Å². The maximum atomic E-state index is 12.3. The summed E-state index contributed by atoms with van der Waals surface area (Å²) < 4.78 is 27.5. The quantitative estimate of drug-likeness (QED) is 0.931. The lowest BCUT2D eigenvalue weighted by atomic mass is 9.95. The van der Waals surface area contributed by atoms with E-state index in [9.17, 15) is 8.42 Å². The monoisotopic (exact) mass is 335 g/mol. The average molecular weight is 335 g/mol. The van der Waals surface area contributed by atoms with Gasteiger partial charge in [0, 0.05) is 23.8 Å². The second kappa shape index (κ2) is 6.16. The number of nitriles is 1. The summed E-state index contributed by atoms with van der Waals surface area (Å²) in [5.74, 6) is 0. The van der Waals surface area contributed by atoms with Crippen LogP contribution in [0.1, 0.15) is 36.8 Å². The first-order valence-corrected chi connectivity index (χ1v) is 8.96. The predicted octanol–water partition coefficient (Wildman–Crippen LogP) is 2.79. The van der Waals surface area contributed by atoms with Crippen LogP contribution in [0.3, 0.4) is 0 Å². The van der Waals surface area contributed by atoms with Gasteiger partial charge in [-0.25, -0.2) is 13.1 Å². The second-order valence-electron chi connectivity index (χ2n) is 5.89. The number of pyridine rings is 1. The first kappa shape index (κ1) is 16.6. The Balaban J connectivity index is 2.14. The van der Waals surface area contributed by atoms with E-state index < -0.39 is 10.0 Å². The first-order chi connectivity index (χ1) is 10.2. The standard InChI is InChI=1S/C15H17N3O2S2/c1-15(2,3)13-4-5-14(21-13)22(19,20)18-10-12-6-11(7-16)8-17-9-12/h4-6,8-9,18H,10H2,1-3H3. The van der Waals surface area contributed by atoms with Crippen LogP contribution in [0.5, 0.6) is 0 Å². The third-order valence-electron chi connectivity index (χ3n) is 2.98. The zero-order valence-corrected chi connectivity index (χ0v) is 14.3. The highest BCUT2D eigenvalue weighted by Crippen LogP contribution is 2.31. The molecule has 0 fully saturated rings.